The second-order valence-corrected chi connectivity index (χ2v) is 3.16. The summed E-state index contributed by atoms with van der Waals surface area (Å²) in [6, 6.07) is 0.353. The topological polar surface area (TPSA) is 46.3 Å². The average molecular weight is 154 g/mol. The van der Waals surface area contributed by atoms with Crippen LogP contribution in [0.3, 0.4) is 0 Å². The standard InChI is InChI=1S/C7H15BN2O/c9-7-2-1-4-10(5-3-7)8-6-11/h6-8H,1-5,9H2/t7-/m0/s1. The maximum absolute atomic E-state index is 10.2. The first kappa shape index (κ1) is 8.75. The van der Waals surface area contributed by atoms with Crippen LogP contribution < -0.4 is 5.73 Å². The van der Waals surface area contributed by atoms with Gasteiger partial charge in [0.15, 0.2) is 0 Å². The molecule has 4 heteroatoms. The van der Waals surface area contributed by atoms with Crippen LogP contribution in [0.4, 0.5) is 0 Å². The van der Waals surface area contributed by atoms with E-state index in [9.17, 15) is 4.79 Å². The second kappa shape index (κ2) is 4.52. The van der Waals surface area contributed by atoms with E-state index in [4.69, 9.17) is 5.73 Å². The number of hydrogen-bond donors (Lipinski definition) is 1. The Morgan fingerprint density at radius 1 is 1.45 bits per heavy atom. The minimum atomic E-state index is 0.353. The summed E-state index contributed by atoms with van der Waals surface area (Å²) in [6.07, 6.45) is 4.25. The summed E-state index contributed by atoms with van der Waals surface area (Å²) in [5.74, 6) is 0. The van der Waals surface area contributed by atoms with Gasteiger partial charge in [-0.2, -0.15) is 0 Å². The smallest absolute Gasteiger partial charge is 0.281 e. The Hall–Kier alpha value is -0.345. The Labute approximate surface area is 68.2 Å². The Morgan fingerprint density at radius 3 is 3.00 bits per heavy atom. The van der Waals surface area contributed by atoms with Gasteiger partial charge < -0.3 is 15.3 Å². The highest BCUT2D eigenvalue weighted by atomic mass is 16.1. The normalized spacial score (nSPS) is 27.5. The molecule has 0 radical (unpaired) electrons. The third-order valence-corrected chi connectivity index (χ3v) is 2.20. The number of carbonyl (C=O) groups is 1. The molecule has 1 heterocycles. The van der Waals surface area contributed by atoms with Crippen molar-refractivity contribution in [2.24, 2.45) is 5.73 Å². The molecule has 62 valence electrons. The van der Waals surface area contributed by atoms with Gasteiger partial charge in [0.1, 0.15) is 0 Å². The number of hydrogen-bond acceptors (Lipinski definition) is 3. The van der Waals surface area contributed by atoms with E-state index in [1.54, 1.807) is 0 Å². The predicted octanol–water partition coefficient (Wildman–Crippen LogP) is -0.659. The van der Waals surface area contributed by atoms with Gasteiger partial charge in [0, 0.05) is 6.04 Å². The van der Waals surface area contributed by atoms with Gasteiger partial charge in [-0.05, 0) is 32.4 Å². The van der Waals surface area contributed by atoms with Crippen molar-refractivity contribution in [1.82, 2.24) is 4.81 Å². The molecule has 0 aromatic rings. The van der Waals surface area contributed by atoms with E-state index >= 15 is 0 Å². The molecule has 1 rings (SSSR count). The number of nitrogens with zero attached hydrogens (tertiary/aromatic N) is 1. The first-order valence-corrected chi connectivity index (χ1v) is 4.24. The van der Waals surface area contributed by atoms with E-state index in [0.717, 1.165) is 38.5 Å². The lowest BCUT2D eigenvalue weighted by molar-refractivity contribution is 0.459. The largest absolute Gasteiger partial charge is 0.339 e. The Balaban J connectivity index is 2.27. The van der Waals surface area contributed by atoms with Crippen molar-refractivity contribution < 1.29 is 4.79 Å². The summed E-state index contributed by atoms with van der Waals surface area (Å²) in [7, 11) is 0.576. The average Bonchev–Trinajstić information content (AvgIpc) is 2.17. The van der Waals surface area contributed by atoms with Gasteiger partial charge in [0.2, 0.25) is 0 Å². The number of rotatable bonds is 2. The molecular weight excluding hydrogens is 139 g/mol. The number of carbonyl (C=O) groups excluding carboxylic acids is 1. The minimum Gasteiger partial charge on any atom is -0.339 e. The zero-order chi connectivity index (χ0) is 8.10. The third kappa shape index (κ3) is 3.03. The Morgan fingerprint density at radius 2 is 2.27 bits per heavy atom. The maximum atomic E-state index is 10.2. The highest BCUT2D eigenvalue weighted by Crippen LogP contribution is 2.07. The molecule has 0 aliphatic carbocycles. The molecule has 0 bridgehead atoms. The molecule has 1 atom stereocenters. The lowest BCUT2D eigenvalue weighted by Crippen LogP contribution is -2.30. The molecular formula is C7H15BN2O. The van der Waals surface area contributed by atoms with E-state index in [-0.39, 0.29) is 0 Å². The summed E-state index contributed by atoms with van der Waals surface area (Å²) in [5, 5.41) is 0. The second-order valence-electron chi connectivity index (χ2n) is 3.16. The molecule has 11 heavy (non-hydrogen) atoms. The predicted molar refractivity (Wildman–Crippen MR) is 47.3 cm³/mol. The van der Waals surface area contributed by atoms with Crippen molar-refractivity contribution in [3.63, 3.8) is 0 Å². The van der Waals surface area contributed by atoms with Crippen molar-refractivity contribution in [3.8, 4) is 0 Å². The molecule has 0 aromatic heterocycles. The van der Waals surface area contributed by atoms with Gasteiger partial charge in [-0.25, -0.2) is 0 Å². The summed E-state index contributed by atoms with van der Waals surface area (Å²) >= 11 is 0. The van der Waals surface area contributed by atoms with Crippen LogP contribution in [-0.4, -0.2) is 37.5 Å². The van der Waals surface area contributed by atoms with E-state index < -0.39 is 0 Å². The zero-order valence-electron chi connectivity index (χ0n) is 6.83. The molecule has 1 aliphatic heterocycles. The monoisotopic (exact) mass is 154 g/mol. The SMILES string of the molecule is N[C@H]1CCCN(BC=O)CC1. The van der Waals surface area contributed by atoms with Crippen LogP contribution >= 0.6 is 0 Å². The van der Waals surface area contributed by atoms with Crippen LogP contribution in [0.5, 0.6) is 0 Å². The molecule has 0 unspecified atom stereocenters. The van der Waals surface area contributed by atoms with Crippen LogP contribution in [0, 0.1) is 0 Å². The molecule has 1 saturated heterocycles. The highest BCUT2D eigenvalue weighted by Gasteiger charge is 2.13. The first-order chi connectivity index (χ1) is 5.33. The fourth-order valence-corrected chi connectivity index (χ4v) is 1.47. The van der Waals surface area contributed by atoms with Crippen LogP contribution in [-0.2, 0) is 4.79 Å². The van der Waals surface area contributed by atoms with Gasteiger partial charge in [0.25, 0.3) is 7.41 Å². The molecule has 1 fully saturated rings. The maximum Gasteiger partial charge on any atom is 0.281 e. The first-order valence-electron chi connectivity index (χ1n) is 4.24. The molecule has 0 saturated carbocycles. The molecule has 1 aliphatic rings. The van der Waals surface area contributed by atoms with Gasteiger partial charge in [-0.15, -0.1) is 0 Å². The fraction of sp³-hybridized carbons (Fsp3) is 0.857. The third-order valence-electron chi connectivity index (χ3n) is 2.20. The van der Waals surface area contributed by atoms with Gasteiger partial charge in [0.05, 0.1) is 6.19 Å². The summed E-state index contributed by atoms with van der Waals surface area (Å²) in [4.78, 5) is 12.4. The van der Waals surface area contributed by atoms with E-state index in [1.807, 2.05) is 0 Å². The zero-order valence-corrected chi connectivity index (χ0v) is 6.83. The van der Waals surface area contributed by atoms with Gasteiger partial charge in [-0.3, -0.25) is 0 Å². The molecule has 0 spiro atoms. The van der Waals surface area contributed by atoms with Crippen LogP contribution in [0.25, 0.3) is 0 Å². The van der Waals surface area contributed by atoms with Gasteiger partial charge >= 0.3 is 0 Å². The molecule has 2 N–H and O–H groups in total. The molecule has 0 amide bonds. The van der Waals surface area contributed by atoms with Crippen molar-refractivity contribution >= 4 is 13.6 Å². The minimum absolute atomic E-state index is 0.353. The van der Waals surface area contributed by atoms with E-state index in [2.05, 4.69) is 4.81 Å². The molecule has 3 nitrogen and oxygen atoms in total. The van der Waals surface area contributed by atoms with Crippen LogP contribution in [0.2, 0.25) is 0 Å². The van der Waals surface area contributed by atoms with Crippen molar-refractivity contribution in [2.75, 3.05) is 13.1 Å². The van der Waals surface area contributed by atoms with E-state index in [0.29, 0.717) is 13.5 Å². The van der Waals surface area contributed by atoms with Crippen molar-refractivity contribution in [1.29, 1.82) is 0 Å². The summed E-state index contributed by atoms with van der Waals surface area (Å²) in [5.41, 5.74) is 5.78. The Kier molecular flexibility index (Phi) is 3.59. The fourth-order valence-electron chi connectivity index (χ4n) is 1.47. The van der Waals surface area contributed by atoms with Gasteiger partial charge in [-0.1, -0.05) is 0 Å². The molecule has 0 aromatic carbocycles. The quantitative estimate of drug-likeness (QED) is 0.424. The lowest BCUT2D eigenvalue weighted by Gasteiger charge is -2.14. The van der Waals surface area contributed by atoms with E-state index in [1.165, 1.54) is 0 Å². The summed E-state index contributed by atoms with van der Waals surface area (Å²) < 4.78 is 0. The lowest BCUT2D eigenvalue weighted by atomic mass is 9.94. The van der Waals surface area contributed by atoms with Crippen LogP contribution in [0.1, 0.15) is 19.3 Å². The Bertz CT molecular complexity index is 132. The van der Waals surface area contributed by atoms with Crippen molar-refractivity contribution in [3.05, 3.63) is 0 Å². The van der Waals surface area contributed by atoms with Crippen molar-refractivity contribution in [2.45, 2.75) is 25.3 Å². The number of nitrogens with two attached hydrogens (primary N) is 1. The van der Waals surface area contributed by atoms with Crippen LogP contribution in [0.15, 0.2) is 0 Å². The summed E-state index contributed by atoms with van der Waals surface area (Å²) in [6.45, 7) is 2.02. The highest BCUT2D eigenvalue weighted by molar-refractivity contribution is 6.64.